The van der Waals surface area contributed by atoms with Gasteiger partial charge in [-0.2, -0.15) is 5.26 Å². The summed E-state index contributed by atoms with van der Waals surface area (Å²) in [6.07, 6.45) is 1.59. The first-order chi connectivity index (χ1) is 15.9. The molecule has 8 heteroatoms. The van der Waals surface area contributed by atoms with E-state index in [0.29, 0.717) is 38.0 Å². The van der Waals surface area contributed by atoms with Crippen LogP contribution in [0.3, 0.4) is 0 Å². The second-order valence-electron chi connectivity index (χ2n) is 7.67. The molecule has 1 unspecified atom stereocenters. The number of ether oxygens (including phenoxy) is 1. The summed E-state index contributed by atoms with van der Waals surface area (Å²) < 4.78 is 11.4. The standard InChI is InChI=1S/C25H15Cl2N3O3/c1-12-2-7-19-15(8-12)23-22(25(31)32-19)21(16(10-28)24(29)33-23)14-5-3-13(4-6-14)17-11-30-20(27)9-18(17)26/h2-9,11,21H,29H2,1H3. The van der Waals surface area contributed by atoms with Crippen molar-refractivity contribution in [3.63, 3.8) is 0 Å². The van der Waals surface area contributed by atoms with Crippen LogP contribution >= 0.6 is 23.2 Å². The molecule has 4 aromatic rings. The third kappa shape index (κ3) is 3.52. The van der Waals surface area contributed by atoms with Crippen LogP contribution in [0.5, 0.6) is 5.75 Å². The number of rotatable bonds is 2. The fraction of sp³-hybridized carbons (Fsp3) is 0.0800. The van der Waals surface area contributed by atoms with Gasteiger partial charge in [0.05, 0.1) is 21.9 Å². The number of pyridine rings is 1. The van der Waals surface area contributed by atoms with Crippen molar-refractivity contribution in [2.75, 3.05) is 0 Å². The van der Waals surface area contributed by atoms with E-state index < -0.39 is 11.5 Å². The van der Waals surface area contributed by atoms with Gasteiger partial charge in [0.25, 0.3) is 0 Å². The van der Waals surface area contributed by atoms with Gasteiger partial charge >= 0.3 is 5.63 Å². The highest BCUT2D eigenvalue weighted by molar-refractivity contribution is 6.35. The molecule has 0 amide bonds. The Morgan fingerprint density at radius 2 is 1.88 bits per heavy atom. The zero-order valence-electron chi connectivity index (χ0n) is 17.2. The maximum absolute atomic E-state index is 13.0. The van der Waals surface area contributed by atoms with Gasteiger partial charge in [0.1, 0.15) is 22.4 Å². The van der Waals surface area contributed by atoms with Crippen LogP contribution in [0.15, 0.2) is 75.4 Å². The summed E-state index contributed by atoms with van der Waals surface area (Å²) >= 11 is 12.2. The number of hydrogen-bond acceptors (Lipinski definition) is 6. The highest BCUT2D eigenvalue weighted by atomic mass is 35.5. The normalized spacial score (nSPS) is 15.2. The smallest absolute Gasteiger partial charge is 0.344 e. The summed E-state index contributed by atoms with van der Waals surface area (Å²) in [5.41, 5.74) is 9.46. The van der Waals surface area contributed by atoms with Gasteiger partial charge in [0.2, 0.25) is 5.88 Å². The van der Waals surface area contributed by atoms with Crippen LogP contribution < -0.4 is 16.1 Å². The van der Waals surface area contributed by atoms with E-state index in [1.807, 2.05) is 43.3 Å². The summed E-state index contributed by atoms with van der Waals surface area (Å²) in [6, 6.07) is 16.4. The van der Waals surface area contributed by atoms with E-state index in [4.69, 9.17) is 38.1 Å². The third-order valence-corrected chi connectivity index (χ3v) is 6.12. The Balaban J connectivity index is 1.70. The number of halogens is 2. The molecule has 0 bridgehead atoms. The average Bonchev–Trinajstić information content (AvgIpc) is 2.79. The number of hydrogen-bond donors (Lipinski definition) is 1. The Kier molecular flexibility index (Phi) is 5.09. The van der Waals surface area contributed by atoms with Crippen molar-refractivity contribution in [1.82, 2.24) is 4.98 Å². The largest absolute Gasteiger partial charge is 0.439 e. The van der Waals surface area contributed by atoms with Crippen LogP contribution in [0.25, 0.3) is 22.1 Å². The number of aryl methyl sites for hydroxylation is 1. The van der Waals surface area contributed by atoms with Crippen LogP contribution in [0, 0.1) is 18.3 Å². The van der Waals surface area contributed by atoms with Gasteiger partial charge in [0, 0.05) is 11.8 Å². The van der Waals surface area contributed by atoms with Crippen LogP contribution in [0.1, 0.15) is 22.6 Å². The molecule has 0 spiro atoms. The number of allylic oxidation sites excluding steroid dienone is 1. The number of aromatic nitrogens is 1. The summed E-state index contributed by atoms with van der Waals surface area (Å²) in [5, 5.41) is 11.2. The molecule has 0 saturated carbocycles. The molecule has 0 aliphatic carbocycles. The first-order valence-corrected chi connectivity index (χ1v) is 10.7. The van der Waals surface area contributed by atoms with Gasteiger partial charge in [0.15, 0.2) is 5.75 Å². The number of nitrogens with zero attached hydrogens (tertiary/aromatic N) is 2. The lowest BCUT2D eigenvalue weighted by Gasteiger charge is -2.26. The van der Waals surface area contributed by atoms with E-state index in [-0.39, 0.29) is 17.0 Å². The zero-order valence-corrected chi connectivity index (χ0v) is 18.7. The topological polar surface area (TPSA) is 102 Å². The predicted octanol–water partition coefficient (Wildman–Crippen LogP) is 5.69. The molecule has 162 valence electrons. The Hall–Kier alpha value is -3.79. The molecule has 33 heavy (non-hydrogen) atoms. The first kappa shape index (κ1) is 21.1. The van der Waals surface area contributed by atoms with Gasteiger partial charge in [-0.3, -0.25) is 0 Å². The summed E-state index contributed by atoms with van der Waals surface area (Å²) in [5.74, 6) is -0.481. The molecule has 3 heterocycles. The lowest BCUT2D eigenvalue weighted by Crippen LogP contribution is -2.26. The molecule has 5 rings (SSSR count). The minimum absolute atomic E-state index is 0.0440. The number of nitrogens with two attached hydrogens (primary N) is 1. The molecule has 2 aromatic heterocycles. The van der Waals surface area contributed by atoms with E-state index >= 15 is 0 Å². The van der Waals surface area contributed by atoms with Gasteiger partial charge < -0.3 is 14.9 Å². The van der Waals surface area contributed by atoms with Crippen molar-refractivity contribution in [2.45, 2.75) is 12.8 Å². The Bertz CT molecular complexity index is 1570. The molecule has 2 N–H and O–H groups in total. The summed E-state index contributed by atoms with van der Waals surface area (Å²) in [7, 11) is 0. The summed E-state index contributed by atoms with van der Waals surface area (Å²) in [4.78, 5) is 17.1. The minimum Gasteiger partial charge on any atom is -0.439 e. The number of benzene rings is 2. The van der Waals surface area contributed by atoms with E-state index in [1.165, 1.54) is 0 Å². The zero-order chi connectivity index (χ0) is 23.3. The third-order valence-electron chi connectivity index (χ3n) is 5.60. The number of fused-ring (bicyclic) bond motifs is 3. The molecule has 1 aliphatic heterocycles. The first-order valence-electron chi connectivity index (χ1n) is 9.93. The molecular weight excluding hydrogens is 461 g/mol. The molecule has 0 fully saturated rings. The quantitative estimate of drug-likeness (QED) is 0.295. The Morgan fingerprint density at radius 3 is 2.58 bits per heavy atom. The van der Waals surface area contributed by atoms with Crippen LogP contribution in [-0.2, 0) is 0 Å². The lowest BCUT2D eigenvalue weighted by atomic mass is 9.83. The summed E-state index contributed by atoms with van der Waals surface area (Å²) in [6.45, 7) is 1.92. The van der Waals surface area contributed by atoms with E-state index in [9.17, 15) is 10.1 Å². The van der Waals surface area contributed by atoms with Crippen molar-refractivity contribution in [1.29, 1.82) is 5.26 Å². The van der Waals surface area contributed by atoms with Crippen LogP contribution in [0.4, 0.5) is 0 Å². The maximum Gasteiger partial charge on any atom is 0.344 e. The predicted molar refractivity (Wildman–Crippen MR) is 126 cm³/mol. The van der Waals surface area contributed by atoms with E-state index in [0.717, 1.165) is 11.1 Å². The lowest BCUT2D eigenvalue weighted by molar-refractivity contribution is 0.388. The number of nitriles is 1. The van der Waals surface area contributed by atoms with Gasteiger partial charge in [-0.1, -0.05) is 59.1 Å². The van der Waals surface area contributed by atoms with Crippen LogP contribution in [-0.4, -0.2) is 4.98 Å². The molecule has 0 saturated heterocycles. The molecule has 1 atom stereocenters. The fourth-order valence-corrected chi connectivity index (χ4v) is 4.52. The second kappa shape index (κ2) is 7.96. The highest BCUT2D eigenvalue weighted by Gasteiger charge is 2.35. The fourth-order valence-electron chi connectivity index (χ4n) is 4.04. The molecule has 2 aromatic carbocycles. The van der Waals surface area contributed by atoms with Gasteiger partial charge in [-0.25, -0.2) is 9.78 Å². The second-order valence-corrected chi connectivity index (χ2v) is 8.46. The van der Waals surface area contributed by atoms with Crippen molar-refractivity contribution < 1.29 is 9.15 Å². The Labute approximate surface area is 198 Å². The molecular formula is C25H15Cl2N3O3. The highest BCUT2D eigenvalue weighted by Crippen LogP contribution is 2.44. The SMILES string of the molecule is Cc1ccc2oc(=O)c3c(c2c1)OC(N)=C(C#N)C3c1ccc(-c2cnc(Cl)cc2Cl)cc1. The maximum atomic E-state index is 13.0. The van der Waals surface area contributed by atoms with E-state index in [2.05, 4.69) is 11.1 Å². The van der Waals surface area contributed by atoms with E-state index in [1.54, 1.807) is 18.3 Å². The van der Waals surface area contributed by atoms with Crippen molar-refractivity contribution in [2.24, 2.45) is 5.73 Å². The average molecular weight is 476 g/mol. The van der Waals surface area contributed by atoms with Gasteiger partial charge in [-0.05, 0) is 36.2 Å². The van der Waals surface area contributed by atoms with Crippen LogP contribution in [0.2, 0.25) is 10.2 Å². The van der Waals surface area contributed by atoms with Crippen molar-refractivity contribution >= 4 is 34.2 Å². The molecule has 1 aliphatic rings. The molecule has 0 radical (unpaired) electrons. The monoisotopic (exact) mass is 475 g/mol. The minimum atomic E-state index is -0.743. The Morgan fingerprint density at radius 1 is 1.12 bits per heavy atom. The van der Waals surface area contributed by atoms with Gasteiger partial charge in [-0.15, -0.1) is 0 Å². The van der Waals surface area contributed by atoms with Crippen molar-refractivity contribution in [3.05, 3.63) is 103 Å². The van der Waals surface area contributed by atoms with Crippen molar-refractivity contribution in [3.8, 4) is 22.9 Å². The molecule has 6 nitrogen and oxygen atoms in total.